The molecule has 0 aliphatic heterocycles. The van der Waals surface area contributed by atoms with Crippen LogP contribution in [0.4, 0.5) is 10.5 Å². The summed E-state index contributed by atoms with van der Waals surface area (Å²) in [6.45, 7) is 0. The second kappa shape index (κ2) is 8.33. The predicted molar refractivity (Wildman–Crippen MR) is 96.9 cm³/mol. The Morgan fingerprint density at radius 1 is 0.880 bits per heavy atom. The second-order valence-corrected chi connectivity index (χ2v) is 6.21. The number of hydrogen-bond acceptors (Lipinski definition) is 3. The molecule has 1 aliphatic carbocycles. The van der Waals surface area contributed by atoms with Crippen LogP contribution in [0.25, 0.3) is 0 Å². The summed E-state index contributed by atoms with van der Waals surface area (Å²) in [6, 6.07) is 15.9. The monoisotopic (exact) mass is 338 g/mol. The van der Waals surface area contributed by atoms with Crippen molar-refractivity contribution in [3.8, 4) is 5.75 Å². The highest BCUT2D eigenvalue weighted by Gasteiger charge is 2.16. The smallest absolute Gasteiger partial charge is 0.410 e. The molecule has 2 aromatic carbocycles. The second-order valence-electron chi connectivity index (χ2n) is 6.21. The molecular weight excluding hydrogens is 316 g/mol. The molecule has 0 atom stereocenters. The number of rotatable bonds is 4. The summed E-state index contributed by atoms with van der Waals surface area (Å²) >= 11 is 0. The first-order valence-electron chi connectivity index (χ1n) is 8.65. The zero-order valence-electron chi connectivity index (χ0n) is 14.0. The van der Waals surface area contributed by atoms with E-state index in [1.165, 1.54) is 19.3 Å². The molecule has 130 valence electrons. The van der Waals surface area contributed by atoms with Crippen molar-refractivity contribution >= 4 is 17.7 Å². The first-order valence-corrected chi connectivity index (χ1v) is 8.65. The van der Waals surface area contributed by atoms with Gasteiger partial charge in [-0.25, -0.2) is 4.79 Å². The standard InChI is InChI=1S/C20H22N2O3/c23-19(21-16-7-3-1-4-8-16)15-11-13-17(14-12-15)22-20(24)25-18-9-5-2-6-10-18/h2,5-6,9-14,16H,1,3-4,7-8H2,(H,21,23)(H,22,24). The summed E-state index contributed by atoms with van der Waals surface area (Å²) in [7, 11) is 0. The van der Waals surface area contributed by atoms with Gasteiger partial charge in [0.2, 0.25) is 0 Å². The van der Waals surface area contributed by atoms with Gasteiger partial charge in [-0.15, -0.1) is 0 Å². The third-order valence-electron chi connectivity index (χ3n) is 4.29. The predicted octanol–water partition coefficient (Wildman–Crippen LogP) is 4.36. The SMILES string of the molecule is O=C(Nc1ccc(C(=O)NC2CCCCC2)cc1)Oc1ccccc1. The van der Waals surface area contributed by atoms with E-state index in [0.29, 0.717) is 17.0 Å². The Morgan fingerprint density at radius 3 is 2.24 bits per heavy atom. The van der Waals surface area contributed by atoms with Crippen LogP contribution in [0.2, 0.25) is 0 Å². The molecule has 5 nitrogen and oxygen atoms in total. The van der Waals surface area contributed by atoms with E-state index >= 15 is 0 Å². The van der Waals surface area contributed by atoms with E-state index in [9.17, 15) is 9.59 Å². The average molecular weight is 338 g/mol. The third-order valence-corrected chi connectivity index (χ3v) is 4.29. The largest absolute Gasteiger partial charge is 0.417 e. The van der Waals surface area contributed by atoms with Gasteiger partial charge in [0.15, 0.2) is 0 Å². The minimum atomic E-state index is -0.564. The third kappa shape index (κ3) is 5.08. The molecule has 0 saturated heterocycles. The number of benzene rings is 2. The minimum Gasteiger partial charge on any atom is -0.410 e. The van der Waals surface area contributed by atoms with Gasteiger partial charge in [-0.3, -0.25) is 10.1 Å². The molecule has 1 aliphatic rings. The Hall–Kier alpha value is -2.82. The van der Waals surface area contributed by atoms with Crippen LogP contribution in [0.5, 0.6) is 5.75 Å². The van der Waals surface area contributed by atoms with E-state index in [1.807, 2.05) is 6.07 Å². The molecule has 2 aromatic rings. The van der Waals surface area contributed by atoms with Crippen molar-refractivity contribution in [2.45, 2.75) is 38.1 Å². The number of carbonyl (C=O) groups is 2. The van der Waals surface area contributed by atoms with Gasteiger partial charge in [-0.1, -0.05) is 37.5 Å². The maximum Gasteiger partial charge on any atom is 0.417 e. The van der Waals surface area contributed by atoms with Gasteiger partial charge in [-0.2, -0.15) is 0 Å². The Bertz CT molecular complexity index is 707. The van der Waals surface area contributed by atoms with Crippen molar-refractivity contribution in [3.63, 3.8) is 0 Å². The molecule has 0 heterocycles. The van der Waals surface area contributed by atoms with Crippen LogP contribution in [0.1, 0.15) is 42.5 Å². The highest BCUT2D eigenvalue weighted by Crippen LogP contribution is 2.18. The summed E-state index contributed by atoms with van der Waals surface area (Å²) in [6.07, 6.45) is 5.15. The molecule has 0 bridgehead atoms. The zero-order valence-corrected chi connectivity index (χ0v) is 14.0. The molecular formula is C20H22N2O3. The van der Waals surface area contributed by atoms with Gasteiger partial charge in [0, 0.05) is 17.3 Å². The lowest BCUT2D eigenvalue weighted by atomic mass is 9.95. The van der Waals surface area contributed by atoms with Gasteiger partial charge in [-0.05, 0) is 49.2 Å². The van der Waals surface area contributed by atoms with Crippen LogP contribution in [-0.2, 0) is 0 Å². The molecule has 0 spiro atoms. The van der Waals surface area contributed by atoms with Gasteiger partial charge in [0.1, 0.15) is 5.75 Å². The van der Waals surface area contributed by atoms with Crippen molar-refractivity contribution in [2.75, 3.05) is 5.32 Å². The van der Waals surface area contributed by atoms with Crippen LogP contribution in [-0.4, -0.2) is 18.0 Å². The summed E-state index contributed by atoms with van der Waals surface area (Å²) in [5, 5.41) is 5.72. The van der Waals surface area contributed by atoms with Crippen LogP contribution in [0, 0.1) is 0 Å². The molecule has 5 heteroatoms. The number of nitrogens with one attached hydrogen (secondary N) is 2. The first-order chi connectivity index (χ1) is 12.2. The van der Waals surface area contributed by atoms with E-state index in [4.69, 9.17) is 4.74 Å². The maximum atomic E-state index is 12.3. The van der Waals surface area contributed by atoms with Crippen LogP contribution < -0.4 is 15.4 Å². The number of hydrogen-bond donors (Lipinski definition) is 2. The summed E-state index contributed by atoms with van der Waals surface area (Å²) in [4.78, 5) is 24.1. The van der Waals surface area contributed by atoms with E-state index < -0.39 is 6.09 Å². The molecule has 2 amide bonds. The minimum absolute atomic E-state index is 0.0645. The Labute approximate surface area is 147 Å². The molecule has 0 aromatic heterocycles. The molecule has 25 heavy (non-hydrogen) atoms. The van der Waals surface area contributed by atoms with Gasteiger partial charge in [0.25, 0.3) is 5.91 Å². The van der Waals surface area contributed by atoms with E-state index in [2.05, 4.69) is 10.6 Å². The van der Waals surface area contributed by atoms with Crippen molar-refractivity contribution in [1.29, 1.82) is 0 Å². The normalized spacial score (nSPS) is 14.6. The van der Waals surface area contributed by atoms with Crippen molar-refractivity contribution < 1.29 is 14.3 Å². The van der Waals surface area contributed by atoms with Crippen LogP contribution in [0.15, 0.2) is 54.6 Å². The lowest BCUT2D eigenvalue weighted by molar-refractivity contribution is 0.0927. The zero-order chi connectivity index (χ0) is 17.5. The fraction of sp³-hybridized carbons (Fsp3) is 0.300. The molecule has 1 fully saturated rings. The van der Waals surface area contributed by atoms with E-state index in [1.54, 1.807) is 48.5 Å². The van der Waals surface area contributed by atoms with E-state index in [0.717, 1.165) is 12.8 Å². The molecule has 1 saturated carbocycles. The number of ether oxygens (including phenoxy) is 1. The van der Waals surface area contributed by atoms with Crippen molar-refractivity contribution in [1.82, 2.24) is 5.32 Å². The molecule has 0 unspecified atom stereocenters. The Balaban J connectivity index is 1.52. The number of anilines is 1. The van der Waals surface area contributed by atoms with Crippen LogP contribution in [0.3, 0.4) is 0 Å². The molecule has 2 N–H and O–H groups in total. The fourth-order valence-electron chi connectivity index (χ4n) is 2.96. The van der Waals surface area contributed by atoms with Gasteiger partial charge < -0.3 is 10.1 Å². The average Bonchev–Trinajstić information content (AvgIpc) is 2.64. The molecule has 0 radical (unpaired) electrons. The number of para-hydroxylation sites is 1. The molecule has 3 rings (SSSR count). The maximum absolute atomic E-state index is 12.3. The van der Waals surface area contributed by atoms with Crippen molar-refractivity contribution in [2.24, 2.45) is 0 Å². The number of carbonyl (C=O) groups excluding carboxylic acids is 2. The highest BCUT2D eigenvalue weighted by atomic mass is 16.6. The van der Waals surface area contributed by atoms with Gasteiger partial charge >= 0.3 is 6.09 Å². The Kier molecular flexibility index (Phi) is 5.67. The van der Waals surface area contributed by atoms with Gasteiger partial charge in [0.05, 0.1) is 0 Å². The highest BCUT2D eigenvalue weighted by molar-refractivity contribution is 5.95. The first kappa shape index (κ1) is 17.0. The number of amides is 2. The summed E-state index contributed by atoms with van der Waals surface area (Å²) in [5.41, 5.74) is 1.17. The summed E-state index contributed by atoms with van der Waals surface area (Å²) < 4.78 is 5.17. The van der Waals surface area contributed by atoms with E-state index in [-0.39, 0.29) is 11.9 Å². The quantitative estimate of drug-likeness (QED) is 0.870. The lowest BCUT2D eigenvalue weighted by Gasteiger charge is -2.22. The summed E-state index contributed by atoms with van der Waals surface area (Å²) in [5.74, 6) is 0.411. The van der Waals surface area contributed by atoms with Crippen LogP contribution >= 0.6 is 0 Å². The lowest BCUT2D eigenvalue weighted by Crippen LogP contribution is -2.36. The van der Waals surface area contributed by atoms with Crippen molar-refractivity contribution in [3.05, 3.63) is 60.2 Å². The Morgan fingerprint density at radius 2 is 1.56 bits per heavy atom. The fourth-order valence-corrected chi connectivity index (χ4v) is 2.96. The topological polar surface area (TPSA) is 67.4 Å².